The Bertz CT molecular complexity index is 462. The van der Waals surface area contributed by atoms with Crippen LogP contribution in [0.4, 0.5) is 0 Å². The molecule has 0 bridgehead atoms. The molecule has 2 rings (SSSR count). The van der Waals surface area contributed by atoms with Gasteiger partial charge in [0.15, 0.2) is 0 Å². The van der Waals surface area contributed by atoms with Gasteiger partial charge in [-0.2, -0.15) is 0 Å². The minimum Gasteiger partial charge on any atom is -0.459 e. The smallest absolute Gasteiger partial charge is 0.134 e. The number of methoxy groups -OCH3 is 1. The Kier molecular flexibility index (Phi) is 4.36. The number of para-hydroxylation sites is 1. The third kappa shape index (κ3) is 2.56. The Morgan fingerprint density at radius 3 is 2.78 bits per heavy atom. The number of benzene rings is 1. The SMILES string of the molecule is CCCC(OC)C(NN)c1cc2ccccc2o1. The van der Waals surface area contributed by atoms with Gasteiger partial charge in [-0.15, -0.1) is 0 Å². The van der Waals surface area contributed by atoms with Crippen molar-refractivity contribution in [1.29, 1.82) is 0 Å². The van der Waals surface area contributed by atoms with Crippen molar-refractivity contribution >= 4 is 11.0 Å². The van der Waals surface area contributed by atoms with Crippen molar-refractivity contribution in [2.75, 3.05) is 7.11 Å². The van der Waals surface area contributed by atoms with Gasteiger partial charge in [-0.3, -0.25) is 5.84 Å². The van der Waals surface area contributed by atoms with Crippen molar-refractivity contribution < 1.29 is 9.15 Å². The van der Waals surface area contributed by atoms with Crippen LogP contribution in [0.5, 0.6) is 0 Å². The van der Waals surface area contributed by atoms with E-state index in [2.05, 4.69) is 12.3 Å². The van der Waals surface area contributed by atoms with E-state index in [0.29, 0.717) is 0 Å². The van der Waals surface area contributed by atoms with E-state index in [1.165, 1.54) is 0 Å². The van der Waals surface area contributed by atoms with Crippen molar-refractivity contribution in [3.05, 3.63) is 36.1 Å². The fraction of sp³-hybridized carbons (Fsp3) is 0.429. The predicted molar refractivity (Wildman–Crippen MR) is 72.0 cm³/mol. The standard InChI is InChI=1S/C14H20N2O2/c1-3-6-12(17-2)14(16-15)13-9-10-7-4-5-8-11(10)18-13/h4-5,7-9,12,14,16H,3,6,15H2,1-2H3. The number of fused-ring (bicyclic) bond motifs is 1. The Morgan fingerprint density at radius 1 is 1.39 bits per heavy atom. The van der Waals surface area contributed by atoms with Gasteiger partial charge in [0.1, 0.15) is 17.4 Å². The van der Waals surface area contributed by atoms with E-state index < -0.39 is 0 Å². The molecule has 4 heteroatoms. The van der Waals surface area contributed by atoms with Crippen LogP contribution < -0.4 is 11.3 Å². The maximum Gasteiger partial charge on any atom is 0.134 e. The highest BCUT2D eigenvalue weighted by Crippen LogP contribution is 2.27. The van der Waals surface area contributed by atoms with Gasteiger partial charge >= 0.3 is 0 Å². The normalized spacial score (nSPS) is 14.8. The van der Waals surface area contributed by atoms with Gasteiger partial charge in [0, 0.05) is 12.5 Å². The molecule has 0 aliphatic carbocycles. The number of furan rings is 1. The molecule has 98 valence electrons. The zero-order chi connectivity index (χ0) is 13.0. The van der Waals surface area contributed by atoms with Gasteiger partial charge in [0.25, 0.3) is 0 Å². The second-order valence-electron chi connectivity index (χ2n) is 4.39. The highest BCUT2D eigenvalue weighted by Gasteiger charge is 2.24. The molecule has 2 unspecified atom stereocenters. The molecular formula is C14H20N2O2. The monoisotopic (exact) mass is 248 g/mol. The summed E-state index contributed by atoms with van der Waals surface area (Å²) in [5, 5.41) is 1.08. The predicted octanol–water partition coefficient (Wildman–Crippen LogP) is 2.75. The summed E-state index contributed by atoms with van der Waals surface area (Å²) in [5.41, 5.74) is 3.67. The fourth-order valence-corrected chi connectivity index (χ4v) is 2.23. The molecule has 0 aliphatic rings. The molecule has 0 aliphatic heterocycles. The number of nitrogens with two attached hydrogens (primary N) is 1. The first-order valence-corrected chi connectivity index (χ1v) is 6.27. The van der Waals surface area contributed by atoms with E-state index in [0.717, 1.165) is 29.6 Å². The summed E-state index contributed by atoms with van der Waals surface area (Å²) in [5.74, 6) is 6.46. The summed E-state index contributed by atoms with van der Waals surface area (Å²) in [7, 11) is 1.70. The van der Waals surface area contributed by atoms with Gasteiger partial charge in [0.05, 0.1) is 6.10 Å². The number of nitrogens with one attached hydrogen (secondary N) is 1. The third-order valence-corrected chi connectivity index (χ3v) is 3.18. The lowest BCUT2D eigenvalue weighted by atomic mass is 10.0. The molecule has 3 N–H and O–H groups in total. The van der Waals surface area contributed by atoms with Gasteiger partial charge < -0.3 is 9.15 Å². The second kappa shape index (κ2) is 6.00. The molecule has 0 saturated heterocycles. The minimum absolute atomic E-state index is 0.0144. The maximum atomic E-state index is 5.83. The van der Waals surface area contributed by atoms with E-state index in [4.69, 9.17) is 15.0 Å². The summed E-state index contributed by atoms with van der Waals surface area (Å²) in [4.78, 5) is 0. The molecule has 0 saturated carbocycles. The van der Waals surface area contributed by atoms with Crippen LogP contribution in [0.15, 0.2) is 34.7 Å². The Balaban J connectivity index is 2.30. The van der Waals surface area contributed by atoms with Crippen LogP contribution in [-0.4, -0.2) is 13.2 Å². The first-order valence-electron chi connectivity index (χ1n) is 6.27. The number of hydrogen-bond donors (Lipinski definition) is 2. The molecular weight excluding hydrogens is 228 g/mol. The van der Waals surface area contributed by atoms with Crippen LogP contribution in [0.1, 0.15) is 31.6 Å². The van der Waals surface area contributed by atoms with E-state index in [1.807, 2.05) is 30.3 Å². The van der Waals surface area contributed by atoms with Crippen LogP contribution in [0.3, 0.4) is 0 Å². The summed E-state index contributed by atoms with van der Waals surface area (Å²) >= 11 is 0. The zero-order valence-electron chi connectivity index (χ0n) is 10.8. The summed E-state index contributed by atoms with van der Waals surface area (Å²) in [6.45, 7) is 2.12. The molecule has 2 aromatic rings. The zero-order valence-corrected chi connectivity index (χ0v) is 10.8. The highest BCUT2D eigenvalue weighted by atomic mass is 16.5. The molecule has 1 aromatic carbocycles. The Hall–Kier alpha value is -1.36. The third-order valence-electron chi connectivity index (χ3n) is 3.18. The average Bonchev–Trinajstić information content (AvgIpc) is 2.82. The summed E-state index contributed by atoms with van der Waals surface area (Å²) in [6, 6.07) is 9.82. The number of rotatable bonds is 6. The molecule has 18 heavy (non-hydrogen) atoms. The lowest BCUT2D eigenvalue weighted by Crippen LogP contribution is -2.37. The van der Waals surface area contributed by atoms with Crippen molar-refractivity contribution in [3.63, 3.8) is 0 Å². The number of hydrazine groups is 1. The molecule has 0 radical (unpaired) electrons. The molecule has 1 heterocycles. The largest absolute Gasteiger partial charge is 0.459 e. The van der Waals surface area contributed by atoms with Crippen LogP contribution >= 0.6 is 0 Å². The summed E-state index contributed by atoms with van der Waals surface area (Å²) < 4.78 is 11.3. The minimum atomic E-state index is -0.123. The Labute approximate surface area is 107 Å². The van der Waals surface area contributed by atoms with Crippen molar-refractivity contribution in [3.8, 4) is 0 Å². The Morgan fingerprint density at radius 2 is 2.17 bits per heavy atom. The second-order valence-corrected chi connectivity index (χ2v) is 4.39. The lowest BCUT2D eigenvalue weighted by molar-refractivity contribution is 0.0542. The van der Waals surface area contributed by atoms with Crippen LogP contribution in [-0.2, 0) is 4.74 Å². The number of ether oxygens (including phenoxy) is 1. The van der Waals surface area contributed by atoms with Gasteiger partial charge in [-0.1, -0.05) is 31.5 Å². The molecule has 1 aromatic heterocycles. The van der Waals surface area contributed by atoms with Crippen LogP contribution in [0.25, 0.3) is 11.0 Å². The van der Waals surface area contributed by atoms with E-state index in [-0.39, 0.29) is 12.1 Å². The van der Waals surface area contributed by atoms with Crippen molar-refractivity contribution in [2.45, 2.75) is 31.9 Å². The molecule has 0 spiro atoms. The van der Waals surface area contributed by atoms with Gasteiger partial charge in [-0.05, 0) is 18.6 Å². The van der Waals surface area contributed by atoms with Crippen LogP contribution in [0.2, 0.25) is 0 Å². The first kappa shape index (κ1) is 13.1. The summed E-state index contributed by atoms with van der Waals surface area (Å²) in [6.07, 6.45) is 1.99. The van der Waals surface area contributed by atoms with Gasteiger partial charge in [-0.25, -0.2) is 5.43 Å². The topological polar surface area (TPSA) is 60.4 Å². The van der Waals surface area contributed by atoms with Gasteiger partial charge in [0.2, 0.25) is 0 Å². The van der Waals surface area contributed by atoms with E-state index in [9.17, 15) is 0 Å². The molecule has 2 atom stereocenters. The van der Waals surface area contributed by atoms with Crippen molar-refractivity contribution in [1.82, 2.24) is 5.43 Å². The number of hydrogen-bond acceptors (Lipinski definition) is 4. The first-order chi connectivity index (χ1) is 8.80. The molecule has 0 fully saturated rings. The fourth-order valence-electron chi connectivity index (χ4n) is 2.23. The average molecular weight is 248 g/mol. The van der Waals surface area contributed by atoms with Crippen molar-refractivity contribution in [2.24, 2.45) is 5.84 Å². The van der Waals surface area contributed by atoms with E-state index in [1.54, 1.807) is 7.11 Å². The highest BCUT2D eigenvalue weighted by molar-refractivity contribution is 5.77. The van der Waals surface area contributed by atoms with E-state index >= 15 is 0 Å². The quantitative estimate of drug-likeness (QED) is 0.609. The molecule has 0 amide bonds. The van der Waals surface area contributed by atoms with Crippen LogP contribution in [0, 0.1) is 0 Å². The molecule has 4 nitrogen and oxygen atoms in total. The maximum absolute atomic E-state index is 5.83. The lowest BCUT2D eigenvalue weighted by Gasteiger charge is -2.23.